The largest absolute Gasteiger partial charge is 0.497 e. The molecular formula is C22H21N3O5. The SMILES string of the molecule is COc1ccc(C(C)N2CC(c3nc(-c4ccc5c(c4)OCO5)no3)CC2=O)cc1. The highest BCUT2D eigenvalue weighted by Gasteiger charge is 2.37. The van der Waals surface area contributed by atoms with Crippen molar-refractivity contribution in [3.8, 4) is 28.6 Å². The first-order valence-corrected chi connectivity index (χ1v) is 9.79. The number of rotatable bonds is 5. The van der Waals surface area contributed by atoms with E-state index in [0.29, 0.717) is 36.2 Å². The van der Waals surface area contributed by atoms with Crippen LogP contribution in [-0.2, 0) is 4.79 Å². The number of carbonyl (C=O) groups is 1. The predicted octanol–water partition coefficient (Wildman–Crippen LogP) is 3.55. The van der Waals surface area contributed by atoms with Crippen molar-refractivity contribution < 1.29 is 23.5 Å². The highest BCUT2D eigenvalue weighted by molar-refractivity contribution is 5.80. The highest BCUT2D eigenvalue weighted by Crippen LogP contribution is 2.37. The number of nitrogens with zero attached hydrogens (tertiary/aromatic N) is 3. The highest BCUT2D eigenvalue weighted by atomic mass is 16.7. The molecule has 0 spiro atoms. The number of ether oxygens (including phenoxy) is 3. The van der Waals surface area contributed by atoms with Gasteiger partial charge in [-0.15, -0.1) is 0 Å². The summed E-state index contributed by atoms with van der Waals surface area (Å²) in [5, 5.41) is 4.10. The number of methoxy groups -OCH3 is 1. The van der Waals surface area contributed by atoms with Gasteiger partial charge in [0, 0.05) is 18.5 Å². The molecular weight excluding hydrogens is 386 g/mol. The van der Waals surface area contributed by atoms with Crippen LogP contribution in [0.3, 0.4) is 0 Å². The Hall–Kier alpha value is -3.55. The summed E-state index contributed by atoms with van der Waals surface area (Å²) in [4.78, 5) is 19.1. The van der Waals surface area contributed by atoms with Crippen molar-refractivity contribution in [3.63, 3.8) is 0 Å². The molecule has 8 nitrogen and oxygen atoms in total. The first-order valence-electron chi connectivity index (χ1n) is 9.79. The van der Waals surface area contributed by atoms with Gasteiger partial charge in [-0.05, 0) is 42.8 Å². The molecule has 154 valence electrons. The monoisotopic (exact) mass is 407 g/mol. The average Bonchev–Trinajstić information content (AvgIpc) is 3.52. The van der Waals surface area contributed by atoms with Crippen molar-refractivity contribution in [2.24, 2.45) is 0 Å². The molecule has 2 aliphatic heterocycles. The molecule has 1 aromatic heterocycles. The van der Waals surface area contributed by atoms with Crippen LogP contribution in [0.4, 0.5) is 0 Å². The van der Waals surface area contributed by atoms with E-state index in [4.69, 9.17) is 18.7 Å². The molecule has 0 aliphatic carbocycles. The third-order valence-corrected chi connectivity index (χ3v) is 5.65. The first kappa shape index (κ1) is 18.5. The van der Waals surface area contributed by atoms with E-state index >= 15 is 0 Å². The molecule has 2 atom stereocenters. The zero-order chi connectivity index (χ0) is 20.7. The van der Waals surface area contributed by atoms with E-state index in [-0.39, 0.29) is 24.7 Å². The Kier molecular flexibility index (Phi) is 4.54. The van der Waals surface area contributed by atoms with E-state index in [9.17, 15) is 4.79 Å². The van der Waals surface area contributed by atoms with E-state index in [1.165, 1.54) is 0 Å². The Labute approximate surface area is 173 Å². The van der Waals surface area contributed by atoms with Crippen LogP contribution in [0.5, 0.6) is 17.2 Å². The zero-order valence-corrected chi connectivity index (χ0v) is 16.7. The van der Waals surface area contributed by atoms with Crippen molar-refractivity contribution in [3.05, 3.63) is 53.9 Å². The minimum atomic E-state index is -0.131. The maximum atomic E-state index is 12.7. The molecule has 2 aliphatic rings. The predicted molar refractivity (Wildman–Crippen MR) is 106 cm³/mol. The van der Waals surface area contributed by atoms with E-state index in [0.717, 1.165) is 16.9 Å². The van der Waals surface area contributed by atoms with Crippen LogP contribution in [0.15, 0.2) is 47.0 Å². The molecule has 0 bridgehead atoms. The first-order chi connectivity index (χ1) is 14.6. The van der Waals surface area contributed by atoms with Crippen molar-refractivity contribution in [2.45, 2.75) is 25.3 Å². The number of aromatic nitrogens is 2. The fourth-order valence-electron chi connectivity index (χ4n) is 3.89. The number of carbonyl (C=O) groups excluding carboxylic acids is 1. The Bertz CT molecular complexity index is 1080. The quantitative estimate of drug-likeness (QED) is 0.639. The lowest BCUT2D eigenvalue weighted by molar-refractivity contribution is -0.129. The molecule has 5 rings (SSSR count). The number of likely N-dealkylation sites (tertiary alicyclic amines) is 1. The van der Waals surface area contributed by atoms with Gasteiger partial charge in [0.15, 0.2) is 11.5 Å². The second-order valence-corrected chi connectivity index (χ2v) is 7.42. The third kappa shape index (κ3) is 3.24. The van der Waals surface area contributed by atoms with Crippen LogP contribution < -0.4 is 14.2 Å². The second-order valence-electron chi connectivity index (χ2n) is 7.42. The van der Waals surface area contributed by atoms with Crippen molar-refractivity contribution in [1.82, 2.24) is 15.0 Å². The molecule has 3 heterocycles. The molecule has 0 saturated carbocycles. The molecule has 1 saturated heterocycles. The summed E-state index contributed by atoms with van der Waals surface area (Å²) < 4.78 is 21.5. The minimum Gasteiger partial charge on any atom is -0.497 e. The van der Waals surface area contributed by atoms with Crippen molar-refractivity contribution >= 4 is 5.91 Å². The lowest BCUT2D eigenvalue weighted by Gasteiger charge is -2.25. The van der Waals surface area contributed by atoms with Crippen molar-refractivity contribution in [1.29, 1.82) is 0 Å². The molecule has 0 N–H and O–H groups in total. The molecule has 3 aromatic rings. The molecule has 30 heavy (non-hydrogen) atoms. The van der Waals surface area contributed by atoms with Gasteiger partial charge in [0.25, 0.3) is 0 Å². The summed E-state index contributed by atoms with van der Waals surface area (Å²) >= 11 is 0. The fourth-order valence-corrected chi connectivity index (χ4v) is 3.89. The molecule has 1 fully saturated rings. The summed E-state index contributed by atoms with van der Waals surface area (Å²) in [6, 6.07) is 13.2. The van der Waals surface area contributed by atoms with E-state index in [2.05, 4.69) is 10.1 Å². The Morgan fingerprint density at radius 2 is 1.93 bits per heavy atom. The van der Waals surface area contributed by atoms with Gasteiger partial charge >= 0.3 is 0 Å². The van der Waals surface area contributed by atoms with Gasteiger partial charge in [-0.3, -0.25) is 4.79 Å². The summed E-state index contributed by atoms with van der Waals surface area (Å²) in [7, 11) is 1.63. The van der Waals surface area contributed by atoms with Crippen LogP contribution in [-0.4, -0.2) is 41.4 Å². The van der Waals surface area contributed by atoms with Gasteiger partial charge in [0.05, 0.1) is 19.1 Å². The molecule has 8 heteroatoms. The van der Waals surface area contributed by atoms with Crippen LogP contribution in [0, 0.1) is 0 Å². The molecule has 0 radical (unpaired) electrons. The van der Waals surface area contributed by atoms with Gasteiger partial charge in [-0.2, -0.15) is 4.98 Å². The smallest absolute Gasteiger partial charge is 0.232 e. The Morgan fingerprint density at radius 1 is 1.13 bits per heavy atom. The third-order valence-electron chi connectivity index (χ3n) is 5.65. The van der Waals surface area contributed by atoms with E-state index < -0.39 is 0 Å². The number of hydrogen-bond donors (Lipinski definition) is 0. The average molecular weight is 407 g/mol. The Morgan fingerprint density at radius 3 is 2.73 bits per heavy atom. The number of hydrogen-bond acceptors (Lipinski definition) is 7. The summed E-state index contributed by atoms with van der Waals surface area (Å²) in [5.74, 6) is 3.04. The van der Waals surface area contributed by atoms with E-state index in [1.807, 2.05) is 54.3 Å². The summed E-state index contributed by atoms with van der Waals surface area (Å²) in [5.41, 5.74) is 1.83. The maximum absolute atomic E-state index is 12.7. The molecule has 1 amide bonds. The number of fused-ring (bicyclic) bond motifs is 1. The van der Waals surface area contributed by atoms with Gasteiger partial charge < -0.3 is 23.6 Å². The topological polar surface area (TPSA) is 86.9 Å². The Balaban J connectivity index is 1.32. The van der Waals surface area contributed by atoms with Crippen molar-refractivity contribution in [2.75, 3.05) is 20.4 Å². The second kappa shape index (κ2) is 7.37. The maximum Gasteiger partial charge on any atom is 0.232 e. The summed E-state index contributed by atoms with van der Waals surface area (Å²) in [6.07, 6.45) is 0.350. The van der Waals surface area contributed by atoms with Crippen LogP contribution in [0.25, 0.3) is 11.4 Å². The van der Waals surface area contributed by atoms with Gasteiger partial charge in [0.2, 0.25) is 24.4 Å². The number of amides is 1. The van der Waals surface area contributed by atoms with Crippen LogP contribution >= 0.6 is 0 Å². The minimum absolute atomic E-state index is 0.0512. The summed E-state index contributed by atoms with van der Waals surface area (Å²) in [6.45, 7) is 2.77. The zero-order valence-electron chi connectivity index (χ0n) is 16.7. The van der Waals surface area contributed by atoms with Crippen LogP contribution in [0.2, 0.25) is 0 Å². The number of benzene rings is 2. The normalized spacial score (nSPS) is 18.7. The van der Waals surface area contributed by atoms with Gasteiger partial charge in [-0.25, -0.2) is 0 Å². The standard InChI is InChI=1S/C22H21N3O5/c1-13(14-3-6-17(27-2)7-4-14)25-11-16(10-20(25)26)22-23-21(24-30-22)15-5-8-18-19(9-15)29-12-28-18/h3-9,13,16H,10-12H2,1-2H3. The molecule has 2 unspecified atom stereocenters. The lowest BCUT2D eigenvalue weighted by atomic mass is 10.1. The van der Waals surface area contributed by atoms with Crippen LogP contribution in [0.1, 0.15) is 36.8 Å². The fraction of sp³-hybridized carbons (Fsp3) is 0.318. The van der Waals surface area contributed by atoms with E-state index in [1.54, 1.807) is 7.11 Å². The van der Waals surface area contributed by atoms with Gasteiger partial charge in [0.1, 0.15) is 5.75 Å². The van der Waals surface area contributed by atoms with Gasteiger partial charge in [-0.1, -0.05) is 17.3 Å². The molecule has 2 aromatic carbocycles. The lowest BCUT2D eigenvalue weighted by Crippen LogP contribution is -2.28.